The molecule has 0 radical (unpaired) electrons. The quantitative estimate of drug-likeness (QED) is 0.656. The molecule has 1 saturated heterocycles. The van der Waals surface area contributed by atoms with Crippen molar-refractivity contribution < 1.29 is 18.5 Å². The molecule has 1 atom stereocenters. The fourth-order valence-electron chi connectivity index (χ4n) is 2.11. The van der Waals surface area contributed by atoms with Gasteiger partial charge in [-0.15, -0.1) is 0 Å². The Morgan fingerprint density at radius 1 is 1.40 bits per heavy atom. The number of nitrogens with one attached hydrogen (secondary N) is 2. The molecule has 1 fully saturated rings. The zero-order chi connectivity index (χ0) is 14.7. The molecule has 8 heteroatoms. The lowest BCUT2D eigenvalue weighted by molar-refractivity contribution is -0.384. The number of nitrogens with zero attached hydrogens (tertiary/aromatic N) is 1. The molecule has 1 aliphatic rings. The van der Waals surface area contributed by atoms with Gasteiger partial charge in [0.25, 0.3) is 5.69 Å². The Kier molecular flexibility index (Phi) is 4.23. The van der Waals surface area contributed by atoms with Crippen LogP contribution in [0.2, 0.25) is 0 Å². The second-order valence-corrected chi connectivity index (χ2v) is 4.53. The molecule has 6 nitrogen and oxygen atoms in total. The van der Waals surface area contributed by atoms with E-state index in [-0.39, 0.29) is 0 Å². The Balaban J connectivity index is 2.23. The van der Waals surface area contributed by atoms with Gasteiger partial charge in [0.15, 0.2) is 11.5 Å². The van der Waals surface area contributed by atoms with Gasteiger partial charge in [-0.25, -0.2) is 8.78 Å². The number of piperidine rings is 1. The van der Waals surface area contributed by atoms with Crippen LogP contribution in [-0.2, 0) is 4.79 Å². The van der Waals surface area contributed by atoms with Crippen LogP contribution in [0.25, 0.3) is 0 Å². The average Bonchev–Trinajstić information content (AvgIpc) is 2.42. The van der Waals surface area contributed by atoms with E-state index < -0.39 is 39.9 Å². The molecule has 1 aromatic carbocycles. The number of halogens is 2. The Bertz CT molecular complexity index is 545. The summed E-state index contributed by atoms with van der Waals surface area (Å²) < 4.78 is 26.6. The Hall–Kier alpha value is -2.09. The monoisotopic (exact) mass is 285 g/mol. The minimum absolute atomic E-state index is 0.497. The maximum atomic E-state index is 13.6. The highest BCUT2D eigenvalue weighted by atomic mass is 19.1. The summed E-state index contributed by atoms with van der Waals surface area (Å²) >= 11 is 0. The number of benzene rings is 1. The zero-order valence-corrected chi connectivity index (χ0v) is 10.5. The van der Waals surface area contributed by atoms with Crippen molar-refractivity contribution in [3.05, 3.63) is 33.9 Å². The summed E-state index contributed by atoms with van der Waals surface area (Å²) in [6.45, 7) is 0.659. The van der Waals surface area contributed by atoms with E-state index in [1.165, 1.54) is 0 Å². The van der Waals surface area contributed by atoms with Gasteiger partial charge >= 0.3 is 0 Å². The molecule has 0 aromatic heterocycles. The fraction of sp³-hybridized carbons (Fsp3) is 0.417. The molecule has 108 valence electrons. The van der Waals surface area contributed by atoms with Crippen molar-refractivity contribution in [1.82, 2.24) is 5.32 Å². The van der Waals surface area contributed by atoms with Crippen molar-refractivity contribution in [1.29, 1.82) is 0 Å². The highest BCUT2D eigenvalue weighted by molar-refractivity contribution is 5.96. The number of hydrogen-bond donors (Lipinski definition) is 2. The molecule has 1 aliphatic heterocycles. The Labute approximate surface area is 113 Å². The van der Waals surface area contributed by atoms with Crippen LogP contribution in [0.3, 0.4) is 0 Å². The minimum atomic E-state index is -1.17. The number of hydrogen-bond acceptors (Lipinski definition) is 4. The van der Waals surface area contributed by atoms with E-state index in [0.717, 1.165) is 12.8 Å². The summed E-state index contributed by atoms with van der Waals surface area (Å²) in [5, 5.41) is 15.9. The third-order valence-electron chi connectivity index (χ3n) is 3.11. The first-order valence-electron chi connectivity index (χ1n) is 6.16. The maximum Gasteiger partial charge on any atom is 0.298 e. The number of carbonyl (C=O) groups is 1. The van der Waals surface area contributed by atoms with E-state index in [1.54, 1.807) is 0 Å². The highest BCUT2D eigenvalue weighted by Gasteiger charge is 2.26. The number of rotatable bonds is 3. The van der Waals surface area contributed by atoms with Crippen LogP contribution < -0.4 is 10.6 Å². The number of anilines is 1. The van der Waals surface area contributed by atoms with Gasteiger partial charge in [0.2, 0.25) is 5.91 Å². The summed E-state index contributed by atoms with van der Waals surface area (Å²) in [6.07, 6.45) is 2.36. The van der Waals surface area contributed by atoms with E-state index in [9.17, 15) is 23.7 Å². The van der Waals surface area contributed by atoms with Crippen molar-refractivity contribution in [3.63, 3.8) is 0 Å². The second kappa shape index (κ2) is 5.91. The van der Waals surface area contributed by atoms with Gasteiger partial charge < -0.3 is 10.6 Å². The van der Waals surface area contributed by atoms with Crippen LogP contribution in [0.5, 0.6) is 0 Å². The molecule has 0 bridgehead atoms. The van der Waals surface area contributed by atoms with Gasteiger partial charge in [-0.3, -0.25) is 14.9 Å². The molecule has 0 spiro atoms. The van der Waals surface area contributed by atoms with Gasteiger partial charge in [0.05, 0.1) is 17.0 Å². The molecular weight excluding hydrogens is 272 g/mol. The van der Waals surface area contributed by atoms with Crippen molar-refractivity contribution in [3.8, 4) is 0 Å². The minimum Gasteiger partial charge on any atom is -0.317 e. The predicted octanol–water partition coefficient (Wildman–Crippen LogP) is 1.95. The summed E-state index contributed by atoms with van der Waals surface area (Å²) in [5.41, 5.74) is -1.40. The number of nitro groups is 1. The van der Waals surface area contributed by atoms with Crippen LogP contribution in [0.15, 0.2) is 12.1 Å². The molecule has 1 unspecified atom stereocenters. The SMILES string of the molecule is O=C(Nc1c(F)cc(F)cc1[N+](=O)[O-])C1CCCCN1. The summed E-state index contributed by atoms with van der Waals surface area (Å²) in [5.74, 6) is -2.79. The third-order valence-corrected chi connectivity index (χ3v) is 3.11. The Morgan fingerprint density at radius 3 is 2.75 bits per heavy atom. The first-order valence-corrected chi connectivity index (χ1v) is 6.16. The van der Waals surface area contributed by atoms with E-state index in [2.05, 4.69) is 10.6 Å². The first kappa shape index (κ1) is 14.3. The summed E-state index contributed by atoms with van der Waals surface area (Å²) in [7, 11) is 0. The number of nitro benzene ring substituents is 1. The lowest BCUT2D eigenvalue weighted by Crippen LogP contribution is -2.43. The van der Waals surface area contributed by atoms with E-state index in [4.69, 9.17) is 0 Å². The fourth-order valence-corrected chi connectivity index (χ4v) is 2.11. The standard InChI is InChI=1S/C12H13F2N3O3/c13-7-5-8(14)11(10(6-7)17(19)20)16-12(18)9-3-1-2-4-15-9/h5-6,9,15H,1-4H2,(H,16,18). The van der Waals surface area contributed by atoms with E-state index in [0.29, 0.717) is 25.1 Å². The predicted molar refractivity (Wildman–Crippen MR) is 67.3 cm³/mol. The topological polar surface area (TPSA) is 84.3 Å². The van der Waals surface area contributed by atoms with Crippen LogP contribution >= 0.6 is 0 Å². The van der Waals surface area contributed by atoms with E-state index in [1.807, 2.05) is 0 Å². The van der Waals surface area contributed by atoms with Crippen LogP contribution in [0.4, 0.5) is 20.2 Å². The van der Waals surface area contributed by atoms with Crippen LogP contribution in [-0.4, -0.2) is 23.4 Å². The van der Waals surface area contributed by atoms with Gasteiger partial charge in [-0.2, -0.15) is 0 Å². The van der Waals surface area contributed by atoms with Gasteiger partial charge in [0.1, 0.15) is 5.82 Å². The zero-order valence-electron chi connectivity index (χ0n) is 10.5. The van der Waals surface area contributed by atoms with Crippen molar-refractivity contribution in [2.45, 2.75) is 25.3 Å². The van der Waals surface area contributed by atoms with Crippen molar-refractivity contribution in [2.75, 3.05) is 11.9 Å². The molecule has 2 N–H and O–H groups in total. The summed E-state index contributed by atoms with van der Waals surface area (Å²) in [4.78, 5) is 21.8. The van der Waals surface area contributed by atoms with E-state index >= 15 is 0 Å². The molecule has 0 saturated carbocycles. The molecule has 1 aromatic rings. The van der Waals surface area contributed by atoms with Gasteiger partial charge in [-0.1, -0.05) is 6.42 Å². The smallest absolute Gasteiger partial charge is 0.298 e. The van der Waals surface area contributed by atoms with Gasteiger partial charge in [0, 0.05) is 6.07 Å². The molecule has 20 heavy (non-hydrogen) atoms. The lowest BCUT2D eigenvalue weighted by atomic mass is 10.0. The van der Waals surface area contributed by atoms with Gasteiger partial charge in [-0.05, 0) is 19.4 Å². The molecule has 1 amide bonds. The van der Waals surface area contributed by atoms with Crippen molar-refractivity contribution in [2.24, 2.45) is 0 Å². The summed E-state index contributed by atoms with van der Waals surface area (Å²) in [6, 6.07) is 0.553. The average molecular weight is 285 g/mol. The Morgan fingerprint density at radius 2 is 2.15 bits per heavy atom. The van der Waals surface area contributed by atoms with Crippen LogP contribution in [0.1, 0.15) is 19.3 Å². The maximum absolute atomic E-state index is 13.6. The molecule has 2 rings (SSSR count). The first-order chi connectivity index (χ1) is 9.49. The second-order valence-electron chi connectivity index (χ2n) is 4.53. The normalized spacial score (nSPS) is 18.6. The third kappa shape index (κ3) is 3.08. The number of amides is 1. The molecule has 0 aliphatic carbocycles. The molecular formula is C12H13F2N3O3. The lowest BCUT2D eigenvalue weighted by Gasteiger charge is -2.22. The highest BCUT2D eigenvalue weighted by Crippen LogP contribution is 2.29. The number of carbonyl (C=O) groups excluding carboxylic acids is 1. The van der Waals surface area contributed by atoms with Crippen LogP contribution in [0, 0.1) is 21.7 Å². The van der Waals surface area contributed by atoms with Crippen molar-refractivity contribution >= 4 is 17.3 Å². The molecule has 1 heterocycles. The largest absolute Gasteiger partial charge is 0.317 e.